The lowest BCUT2D eigenvalue weighted by atomic mass is 9.96. The van der Waals surface area contributed by atoms with Gasteiger partial charge in [-0.1, -0.05) is 30.7 Å². The first kappa shape index (κ1) is 18.5. The number of nitrogens with zero attached hydrogens (tertiary/aromatic N) is 1. The van der Waals surface area contributed by atoms with E-state index in [0.717, 1.165) is 27.4 Å². The Kier molecular flexibility index (Phi) is 4.93. The summed E-state index contributed by atoms with van der Waals surface area (Å²) in [4.78, 5) is 18.7. The Labute approximate surface area is 178 Å². The van der Waals surface area contributed by atoms with Crippen LogP contribution in [0.1, 0.15) is 36.0 Å². The predicted octanol–water partition coefficient (Wildman–Crippen LogP) is 4.26. The Morgan fingerprint density at radius 2 is 2.00 bits per heavy atom. The van der Waals surface area contributed by atoms with Gasteiger partial charge in [0.1, 0.15) is 0 Å². The summed E-state index contributed by atoms with van der Waals surface area (Å²) in [5.74, 6) is 1.33. The van der Waals surface area contributed by atoms with E-state index < -0.39 is 0 Å². The zero-order chi connectivity index (χ0) is 19.8. The molecule has 1 aromatic carbocycles. The van der Waals surface area contributed by atoms with E-state index in [1.807, 2.05) is 47.8 Å². The maximum Gasteiger partial charge on any atom is 0.270 e. The molecule has 2 aliphatic rings. The minimum absolute atomic E-state index is 0.224. The molecule has 5 rings (SSSR count). The lowest BCUT2D eigenvalue weighted by Crippen LogP contribution is -2.50. The summed E-state index contributed by atoms with van der Waals surface area (Å²) >= 11 is 7.02. The Morgan fingerprint density at radius 3 is 2.76 bits per heavy atom. The number of rotatable bonds is 3. The molecular weight excluding hydrogens is 400 g/mol. The van der Waals surface area contributed by atoms with Crippen LogP contribution in [-0.2, 0) is 0 Å². The SMILES string of the molecule is O=C(NNC(=S)N[C@H]1C[C@H]2CC[C@H]1C2)c1cc(-c2cccs2)nc2ccccc12. The van der Waals surface area contributed by atoms with Gasteiger partial charge >= 0.3 is 0 Å². The molecule has 2 fully saturated rings. The Hall–Kier alpha value is -2.51. The van der Waals surface area contributed by atoms with Gasteiger partial charge in [0.25, 0.3) is 5.91 Å². The van der Waals surface area contributed by atoms with E-state index in [-0.39, 0.29) is 5.91 Å². The van der Waals surface area contributed by atoms with Crippen LogP contribution in [0.3, 0.4) is 0 Å². The number of amides is 1. The van der Waals surface area contributed by atoms with Crippen LogP contribution in [-0.4, -0.2) is 22.0 Å². The summed E-state index contributed by atoms with van der Waals surface area (Å²) < 4.78 is 0. The van der Waals surface area contributed by atoms with Crippen LogP contribution in [0.25, 0.3) is 21.5 Å². The van der Waals surface area contributed by atoms with Crippen molar-refractivity contribution < 1.29 is 4.79 Å². The van der Waals surface area contributed by atoms with E-state index in [2.05, 4.69) is 16.2 Å². The number of para-hydroxylation sites is 1. The van der Waals surface area contributed by atoms with Gasteiger partial charge in [-0.3, -0.25) is 15.6 Å². The minimum Gasteiger partial charge on any atom is -0.358 e. The number of pyridine rings is 1. The van der Waals surface area contributed by atoms with Crippen molar-refractivity contribution >= 4 is 45.5 Å². The van der Waals surface area contributed by atoms with Crippen molar-refractivity contribution in [1.29, 1.82) is 0 Å². The van der Waals surface area contributed by atoms with Crippen LogP contribution >= 0.6 is 23.6 Å². The molecule has 0 unspecified atom stereocenters. The third-order valence-corrected chi connectivity index (χ3v) is 7.19. The van der Waals surface area contributed by atoms with Crippen molar-refractivity contribution in [3.05, 3.63) is 53.4 Å². The molecule has 2 saturated carbocycles. The number of nitrogens with one attached hydrogen (secondary N) is 3. The third-order valence-electron chi connectivity index (χ3n) is 6.08. The topological polar surface area (TPSA) is 66.1 Å². The molecule has 5 nitrogen and oxygen atoms in total. The number of hydrazine groups is 1. The summed E-state index contributed by atoms with van der Waals surface area (Å²) in [5, 5.41) is 6.69. The highest BCUT2D eigenvalue weighted by atomic mass is 32.1. The molecule has 7 heteroatoms. The third kappa shape index (κ3) is 3.72. The average molecular weight is 423 g/mol. The van der Waals surface area contributed by atoms with Crippen LogP contribution in [0.2, 0.25) is 0 Å². The Bertz CT molecular complexity index is 1070. The molecule has 2 aliphatic carbocycles. The zero-order valence-electron chi connectivity index (χ0n) is 15.9. The summed E-state index contributed by atoms with van der Waals surface area (Å²) in [5.41, 5.74) is 7.83. The normalized spacial score (nSPS) is 22.6. The number of benzene rings is 1. The fraction of sp³-hybridized carbons (Fsp3) is 0.318. The molecule has 2 bridgehead atoms. The number of hydrogen-bond acceptors (Lipinski definition) is 4. The zero-order valence-corrected chi connectivity index (χ0v) is 17.5. The second-order valence-electron chi connectivity index (χ2n) is 7.88. The van der Waals surface area contributed by atoms with E-state index in [9.17, 15) is 4.79 Å². The molecule has 1 amide bonds. The van der Waals surface area contributed by atoms with Gasteiger partial charge in [-0.25, -0.2) is 4.98 Å². The molecule has 0 radical (unpaired) electrons. The molecule has 3 atom stereocenters. The van der Waals surface area contributed by atoms with E-state index in [1.165, 1.54) is 25.7 Å². The number of aromatic nitrogens is 1. The van der Waals surface area contributed by atoms with Crippen molar-refractivity contribution in [2.75, 3.05) is 0 Å². The maximum atomic E-state index is 13.0. The van der Waals surface area contributed by atoms with Crippen molar-refractivity contribution in [2.45, 2.75) is 31.7 Å². The molecule has 29 heavy (non-hydrogen) atoms. The fourth-order valence-corrected chi connectivity index (χ4v) is 5.61. The summed E-state index contributed by atoms with van der Waals surface area (Å²) in [7, 11) is 0. The minimum atomic E-state index is -0.224. The lowest BCUT2D eigenvalue weighted by molar-refractivity contribution is 0.0945. The van der Waals surface area contributed by atoms with Gasteiger partial charge in [-0.05, 0) is 66.9 Å². The van der Waals surface area contributed by atoms with Gasteiger partial charge in [0.05, 0.1) is 21.7 Å². The van der Waals surface area contributed by atoms with Gasteiger partial charge in [0.2, 0.25) is 0 Å². The number of thiophene rings is 1. The standard InChI is InChI=1S/C22H22N4OS2/c27-21(25-26-22(28)24-18-11-13-7-8-14(18)10-13)16-12-19(20-6-3-9-29-20)23-17-5-2-1-4-15(16)17/h1-6,9,12-14,18H,7-8,10-11H2,(H,25,27)(H2,24,26,28)/t13-,14-,18-/m0/s1. The summed E-state index contributed by atoms with van der Waals surface area (Å²) in [6.45, 7) is 0. The quantitative estimate of drug-likeness (QED) is 0.435. The number of hydrogen-bond donors (Lipinski definition) is 3. The maximum absolute atomic E-state index is 13.0. The largest absolute Gasteiger partial charge is 0.358 e. The molecule has 0 spiro atoms. The second kappa shape index (κ2) is 7.72. The first-order valence-electron chi connectivity index (χ1n) is 9.98. The number of thiocarbonyl (C=S) groups is 1. The van der Waals surface area contributed by atoms with Gasteiger partial charge in [0, 0.05) is 11.4 Å². The molecular formula is C22H22N4OS2. The van der Waals surface area contributed by atoms with Crippen molar-refractivity contribution in [3.63, 3.8) is 0 Å². The molecule has 0 saturated heterocycles. The summed E-state index contributed by atoms with van der Waals surface area (Å²) in [6.07, 6.45) is 5.12. The Balaban J connectivity index is 1.32. The number of carbonyl (C=O) groups is 1. The highest BCUT2D eigenvalue weighted by Gasteiger charge is 2.39. The highest BCUT2D eigenvalue weighted by Crippen LogP contribution is 2.44. The second-order valence-corrected chi connectivity index (χ2v) is 9.24. The van der Waals surface area contributed by atoms with Crippen molar-refractivity contribution in [3.8, 4) is 10.6 Å². The molecule has 0 aliphatic heterocycles. The van der Waals surface area contributed by atoms with Crippen molar-refractivity contribution in [1.82, 2.24) is 21.2 Å². The van der Waals surface area contributed by atoms with Crippen LogP contribution in [0.15, 0.2) is 47.8 Å². The molecule has 2 heterocycles. The lowest BCUT2D eigenvalue weighted by Gasteiger charge is -2.24. The first-order valence-corrected chi connectivity index (χ1v) is 11.3. The smallest absolute Gasteiger partial charge is 0.270 e. The first-order chi connectivity index (χ1) is 14.2. The summed E-state index contributed by atoms with van der Waals surface area (Å²) in [6, 6.07) is 14.0. The van der Waals surface area contributed by atoms with E-state index >= 15 is 0 Å². The van der Waals surface area contributed by atoms with E-state index in [0.29, 0.717) is 22.6 Å². The molecule has 2 aromatic heterocycles. The fourth-order valence-electron chi connectivity index (χ4n) is 4.72. The monoisotopic (exact) mass is 422 g/mol. The molecule has 3 aromatic rings. The van der Waals surface area contributed by atoms with Gasteiger partial charge in [-0.2, -0.15) is 0 Å². The number of carbonyl (C=O) groups excluding carboxylic acids is 1. The van der Waals surface area contributed by atoms with Gasteiger partial charge in [0.15, 0.2) is 5.11 Å². The highest BCUT2D eigenvalue weighted by molar-refractivity contribution is 7.80. The van der Waals surface area contributed by atoms with Crippen LogP contribution in [0, 0.1) is 11.8 Å². The van der Waals surface area contributed by atoms with Gasteiger partial charge < -0.3 is 5.32 Å². The molecule has 148 valence electrons. The van der Waals surface area contributed by atoms with Crippen LogP contribution in [0.5, 0.6) is 0 Å². The van der Waals surface area contributed by atoms with E-state index in [4.69, 9.17) is 17.2 Å². The van der Waals surface area contributed by atoms with Gasteiger partial charge in [-0.15, -0.1) is 11.3 Å². The average Bonchev–Trinajstić information content (AvgIpc) is 3.49. The number of fused-ring (bicyclic) bond motifs is 3. The van der Waals surface area contributed by atoms with Crippen molar-refractivity contribution in [2.24, 2.45) is 11.8 Å². The van der Waals surface area contributed by atoms with Crippen LogP contribution in [0.4, 0.5) is 0 Å². The molecule has 3 N–H and O–H groups in total. The predicted molar refractivity (Wildman–Crippen MR) is 121 cm³/mol. The van der Waals surface area contributed by atoms with E-state index in [1.54, 1.807) is 11.3 Å². The Morgan fingerprint density at radius 1 is 1.10 bits per heavy atom. The van der Waals surface area contributed by atoms with Crippen LogP contribution < -0.4 is 16.2 Å².